The summed E-state index contributed by atoms with van der Waals surface area (Å²) in [6.45, 7) is 4.22. The van der Waals surface area contributed by atoms with Gasteiger partial charge in [-0.3, -0.25) is 14.4 Å². The van der Waals surface area contributed by atoms with Gasteiger partial charge in [-0.15, -0.1) is 0 Å². The highest BCUT2D eigenvalue weighted by atomic mass is 16.5. The Kier molecular flexibility index (Phi) is 5.68. The molecule has 1 aromatic carbocycles. The van der Waals surface area contributed by atoms with Crippen molar-refractivity contribution in [2.45, 2.75) is 32.6 Å². The van der Waals surface area contributed by atoms with Crippen LogP contribution >= 0.6 is 0 Å². The third kappa shape index (κ3) is 4.23. The second-order valence-electron chi connectivity index (χ2n) is 7.36. The van der Waals surface area contributed by atoms with Crippen LogP contribution in [0.3, 0.4) is 0 Å². The van der Waals surface area contributed by atoms with E-state index in [-0.39, 0.29) is 24.1 Å². The first-order valence-electron chi connectivity index (χ1n) is 9.49. The summed E-state index contributed by atoms with van der Waals surface area (Å²) in [5.74, 6) is 0.285. The number of likely N-dealkylation sites (tertiary alicyclic amines) is 2. The smallest absolute Gasteiger partial charge is 0.233 e. The summed E-state index contributed by atoms with van der Waals surface area (Å²) in [5, 5.41) is 2.74. The van der Waals surface area contributed by atoms with Crippen molar-refractivity contribution in [2.24, 2.45) is 5.41 Å². The van der Waals surface area contributed by atoms with Gasteiger partial charge in [0.2, 0.25) is 17.7 Å². The number of anilines is 1. The molecule has 1 N–H and O–H groups in total. The van der Waals surface area contributed by atoms with E-state index in [0.717, 1.165) is 25.1 Å². The number of nitrogens with one attached hydrogen (secondary N) is 1. The monoisotopic (exact) mass is 373 g/mol. The summed E-state index contributed by atoms with van der Waals surface area (Å²) >= 11 is 0. The molecule has 0 aromatic heterocycles. The summed E-state index contributed by atoms with van der Waals surface area (Å²) in [4.78, 5) is 40.7. The lowest BCUT2D eigenvalue weighted by Crippen LogP contribution is -2.48. The molecule has 0 aliphatic carbocycles. The molecule has 3 amide bonds. The van der Waals surface area contributed by atoms with Gasteiger partial charge in [0, 0.05) is 32.4 Å². The molecule has 1 aromatic rings. The topological polar surface area (TPSA) is 79.0 Å². The van der Waals surface area contributed by atoms with E-state index in [0.29, 0.717) is 31.8 Å². The van der Waals surface area contributed by atoms with E-state index in [2.05, 4.69) is 5.32 Å². The van der Waals surface area contributed by atoms with Crippen molar-refractivity contribution in [3.05, 3.63) is 24.3 Å². The van der Waals surface area contributed by atoms with Crippen LogP contribution in [0.1, 0.15) is 32.6 Å². The van der Waals surface area contributed by atoms with Crippen molar-refractivity contribution in [3.8, 4) is 5.75 Å². The molecule has 3 rings (SSSR count). The molecule has 7 heteroatoms. The zero-order valence-corrected chi connectivity index (χ0v) is 16.0. The van der Waals surface area contributed by atoms with Crippen molar-refractivity contribution in [3.63, 3.8) is 0 Å². The van der Waals surface area contributed by atoms with Crippen molar-refractivity contribution >= 4 is 23.4 Å². The molecule has 1 atom stereocenters. The molecule has 2 aliphatic rings. The number of ether oxygens (including phenoxy) is 1. The standard InChI is InChI=1S/C20H27N3O4/c1-3-27-16-7-5-15(6-8-16)21-17(24)13-18(25)23-12-10-20(14-23)9-4-11-22(2)19(20)26/h5-8H,3-4,9-14H2,1-2H3,(H,21,24). The maximum atomic E-state index is 12.6. The predicted octanol–water partition coefficient (Wildman–Crippen LogP) is 1.88. The van der Waals surface area contributed by atoms with E-state index in [4.69, 9.17) is 4.74 Å². The average Bonchev–Trinajstić information content (AvgIpc) is 3.07. The highest BCUT2D eigenvalue weighted by Crippen LogP contribution is 2.39. The number of rotatable bonds is 5. The van der Waals surface area contributed by atoms with Gasteiger partial charge in [0.25, 0.3) is 0 Å². The Bertz CT molecular complexity index is 718. The lowest BCUT2D eigenvalue weighted by Gasteiger charge is -2.37. The fraction of sp³-hybridized carbons (Fsp3) is 0.550. The molecule has 1 spiro atoms. The highest BCUT2D eigenvalue weighted by molar-refractivity contribution is 6.03. The van der Waals surface area contributed by atoms with Gasteiger partial charge in [0.05, 0.1) is 12.0 Å². The largest absolute Gasteiger partial charge is 0.494 e. The van der Waals surface area contributed by atoms with Crippen LogP contribution < -0.4 is 10.1 Å². The van der Waals surface area contributed by atoms with E-state index in [9.17, 15) is 14.4 Å². The second kappa shape index (κ2) is 7.98. The zero-order valence-electron chi connectivity index (χ0n) is 16.0. The number of hydrogen-bond donors (Lipinski definition) is 1. The van der Waals surface area contributed by atoms with E-state index >= 15 is 0 Å². The molecule has 27 heavy (non-hydrogen) atoms. The summed E-state index contributed by atoms with van der Waals surface area (Å²) in [6.07, 6.45) is 2.25. The van der Waals surface area contributed by atoms with Gasteiger partial charge in [-0.05, 0) is 50.5 Å². The molecule has 2 heterocycles. The van der Waals surface area contributed by atoms with E-state index in [1.807, 2.05) is 14.0 Å². The Morgan fingerprint density at radius 1 is 1.19 bits per heavy atom. The van der Waals surface area contributed by atoms with E-state index in [1.165, 1.54) is 0 Å². The third-order valence-corrected chi connectivity index (χ3v) is 5.42. The molecule has 7 nitrogen and oxygen atoms in total. The van der Waals surface area contributed by atoms with Gasteiger partial charge in [-0.25, -0.2) is 0 Å². The zero-order chi connectivity index (χ0) is 19.4. The summed E-state index contributed by atoms with van der Waals surface area (Å²) in [6, 6.07) is 7.04. The minimum absolute atomic E-state index is 0.128. The van der Waals surface area contributed by atoms with Crippen LogP contribution in [0.5, 0.6) is 5.75 Å². The fourth-order valence-electron chi connectivity index (χ4n) is 3.99. The van der Waals surface area contributed by atoms with E-state index in [1.54, 1.807) is 34.1 Å². The van der Waals surface area contributed by atoms with Gasteiger partial charge in [-0.1, -0.05) is 0 Å². The molecule has 2 fully saturated rings. The number of hydrogen-bond acceptors (Lipinski definition) is 4. The normalized spacial score (nSPS) is 22.2. The Morgan fingerprint density at radius 3 is 2.63 bits per heavy atom. The molecular formula is C20H27N3O4. The molecule has 146 valence electrons. The molecule has 2 aliphatic heterocycles. The van der Waals surface area contributed by atoms with Crippen LogP contribution in [-0.2, 0) is 14.4 Å². The average molecular weight is 373 g/mol. The maximum absolute atomic E-state index is 12.6. The Labute approximate surface area is 159 Å². The van der Waals surface area contributed by atoms with Gasteiger partial charge in [-0.2, -0.15) is 0 Å². The first-order valence-corrected chi connectivity index (χ1v) is 9.49. The Morgan fingerprint density at radius 2 is 1.93 bits per heavy atom. The van der Waals surface area contributed by atoms with Crippen LogP contribution in [0.4, 0.5) is 5.69 Å². The van der Waals surface area contributed by atoms with Gasteiger partial charge in [0.15, 0.2) is 0 Å². The number of piperidine rings is 1. The molecular weight excluding hydrogens is 346 g/mol. The minimum Gasteiger partial charge on any atom is -0.494 e. The predicted molar refractivity (Wildman–Crippen MR) is 101 cm³/mol. The quantitative estimate of drug-likeness (QED) is 0.800. The number of benzene rings is 1. The lowest BCUT2D eigenvalue weighted by molar-refractivity contribution is -0.144. The van der Waals surface area contributed by atoms with Gasteiger partial charge in [0.1, 0.15) is 12.2 Å². The molecule has 2 saturated heterocycles. The van der Waals surface area contributed by atoms with Gasteiger partial charge >= 0.3 is 0 Å². The van der Waals surface area contributed by atoms with Crippen molar-refractivity contribution < 1.29 is 19.1 Å². The maximum Gasteiger partial charge on any atom is 0.233 e. The number of nitrogens with zero attached hydrogens (tertiary/aromatic N) is 2. The van der Waals surface area contributed by atoms with Crippen molar-refractivity contribution in [1.29, 1.82) is 0 Å². The number of amides is 3. The van der Waals surface area contributed by atoms with E-state index < -0.39 is 5.41 Å². The summed E-state index contributed by atoms with van der Waals surface area (Å²) in [5.41, 5.74) is 0.173. The first kappa shape index (κ1) is 19.2. The Hall–Kier alpha value is -2.57. The number of carbonyl (C=O) groups excluding carboxylic acids is 3. The fourth-order valence-corrected chi connectivity index (χ4v) is 3.99. The lowest BCUT2D eigenvalue weighted by atomic mass is 9.78. The molecule has 0 saturated carbocycles. The van der Waals surface area contributed by atoms with Crippen LogP contribution in [0.25, 0.3) is 0 Å². The first-order chi connectivity index (χ1) is 12.9. The van der Waals surface area contributed by atoms with Crippen LogP contribution in [-0.4, -0.2) is 60.8 Å². The summed E-state index contributed by atoms with van der Waals surface area (Å²) < 4.78 is 5.36. The molecule has 1 unspecified atom stereocenters. The number of carbonyl (C=O) groups is 3. The van der Waals surface area contributed by atoms with Crippen LogP contribution in [0.15, 0.2) is 24.3 Å². The van der Waals surface area contributed by atoms with Gasteiger partial charge < -0.3 is 19.9 Å². The molecule has 0 bridgehead atoms. The van der Waals surface area contributed by atoms with Crippen LogP contribution in [0.2, 0.25) is 0 Å². The Balaban J connectivity index is 1.53. The van der Waals surface area contributed by atoms with Crippen molar-refractivity contribution in [1.82, 2.24) is 9.80 Å². The minimum atomic E-state index is -0.450. The second-order valence-corrected chi connectivity index (χ2v) is 7.36. The van der Waals surface area contributed by atoms with Crippen molar-refractivity contribution in [2.75, 3.05) is 38.6 Å². The third-order valence-electron chi connectivity index (χ3n) is 5.42. The molecule has 0 radical (unpaired) electrons. The SMILES string of the molecule is CCOc1ccc(NC(=O)CC(=O)N2CCC3(CCCN(C)C3=O)C2)cc1. The highest BCUT2D eigenvalue weighted by Gasteiger charge is 2.48. The van der Waals surface area contributed by atoms with Crippen LogP contribution in [0, 0.1) is 5.41 Å². The summed E-state index contributed by atoms with van der Waals surface area (Å²) in [7, 11) is 1.82.